The van der Waals surface area contributed by atoms with Crippen molar-refractivity contribution in [1.29, 1.82) is 0 Å². The van der Waals surface area contributed by atoms with Gasteiger partial charge < -0.3 is 0 Å². The van der Waals surface area contributed by atoms with Crippen LogP contribution in [0.4, 0.5) is 4.39 Å². The largest absolute Gasteiger partial charge is 0.206 e. The topological polar surface area (TPSA) is 0 Å². The van der Waals surface area contributed by atoms with Gasteiger partial charge in [0.2, 0.25) is 0 Å². The van der Waals surface area contributed by atoms with E-state index in [0.29, 0.717) is 10.4 Å². The summed E-state index contributed by atoms with van der Waals surface area (Å²) in [5.74, 6) is 0.305. The third-order valence-corrected chi connectivity index (χ3v) is 5.04. The van der Waals surface area contributed by atoms with Crippen molar-refractivity contribution in [3.63, 3.8) is 0 Å². The molecule has 1 aromatic rings. The molecular weight excluding hydrogens is 303 g/mol. The Morgan fingerprint density at radius 3 is 2.82 bits per heavy atom. The third-order valence-electron chi connectivity index (χ3n) is 3.58. The zero-order valence-corrected chi connectivity index (χ0v) is 12.1. The first kappa shape index (κ1) is 13.4. The van der Waals surface area contributed by atoms with Crippen LogP contribution in [-0.2, 0) is 6.42 Å². The van der Waals surface area contributed by atoms with Crippen LogP contribution in [0.5, 0.6) is 0 Å². The van der Waals surface area contributed by atoms with Crippen molar-refractivity contribution in [3.05, 3.63) is 34.1 Å². The third kappa shape index (κ3) is 3.45. The van der Waals surface area contributed by atoms with E-state index in [-0.39, 0.29) is 11.2 Å². The molecule has 1 aliphatic rings. The van der Waals surface area contributed by atoms with Gasteiger partial charge >= 0.3 is 0 Å². The molecule has 1 aliphatic carbocycles. The van der Waals surface area contributed by atoms with Gasteiger partial charge in [0.15, 0.2) is 0 Å². The normalized spacial score (nSPS) is 25.6. The van der Waals surface area contributed by atoms with E-state index < -0.39 is 0 Å². The van der Waals surface area contributed by atoms with Crippen LogP contribution in [0.1, 0.15) is 37.7 Å². The van der Waals surface area contributed by atoms with Crippen molar-refractivity contribution in [3.8, 4) is 0 Å². The number of hydrogen-bond acceptors (Lipinski definition) is 0. The number of alkyl halides is 1. The monoisotopic (exact) mass is 318 g/mol. The van der Waals surface area contributed by atoms with E-state index in [1.807, 2.05) is 6.07 Å². The molecule has 2 atom stereocenters. The summed E-state index contributed by atoms with van der Waals surface area (Å²) in [5, 5.41) is 0.243. The molecule has 0 amide bonds. The highest BCUT2D eigenvalue weighted by atomic mass is 79.9. The summed E-state index contributed by atoms with van der Waals surface area (Å²) in [6.07, 6.45) is 6.91. The maximum Gasteiger partial charge on any atom is 0.137 e. The van der Waals surface area contributed by atoms with Crippen molar-refractivity contribution in [2.45, 2.75) is 43.9 Å². The first-order valence-corrected chi connectivity index (χ1v) is 7.48. The van der Waals surface area contributed by atoms with Crippen LogP contribution < -0.4 is 0 Å². The van der Waals surface area contributed by atoms with Crippen molar-refractivity contribution >= 4 is 27.5 Å². The Bertz CT molecular complexity index is 380. The summed E-state index contributed by atoms with van der Waals surface area (Å²) in [7, 11) is 0. The van der Waals surface area contributed by atoms with Gasteiger partial charge in [0.25, 0.3) is 0 Å². The second kappa shape index (κ2) is 6.19. The summed E-state index contributed by atoms with van der Waals surface area (Å²) in [5.41, 5.74) is 1.04. The Balaban J connectivity index is 2.10. The maximum absolute atomic E-state index is 13.4. The van der Waals surface area contributed by atoms with Crippen LogP contribution in [0.3, 0.4) is 0 Å². The minimum atomic E-state index is -0.178. The molecule has 1 saturated carbocycles. The van der Waals surface area contributed by atoms with Gasteiger partial charge in [0.1, 0.15) is 5.82 Å². The first-order valence-electron chi connectivity index (χ1n) is 6.25. The molecule has 1 fully saturated rings. The molecule has 0 nitrogen and oxygen atoms in total. The first-order chi connectivity index (χ1) is 8.18. The predicted octanol–water partition coefficient (Wildman–Crippen LogP) is 5.32. The molecule has 1 aromatic carbocycles. The minimum Gasteiger partial charge on any atom is -0.206 e. The average molecular weight is 320 g/mol. The van der Waals surface area contributed by atoms with Crippen LogP contribution in [0, 0.1) is 11.7 Å². The molecular formula is C14H17BrClF. The maximum atomic E-state index is 13.4. The molecule has 0 aromatic heterocycles. The molecule has 2 rings (SSSR count). The van der Waals surface area contributed by atoms with E-state index >= 15 is 0 Å². The quantitative estimate of drug-likeness (QED) is 0.511. The van der Waals surface area contributed by atoms with E-state index in [0.717, 1.165) is 24.8 Å². The zero-order valence-electron chi connectivity index (χ0n) is 9.76. The molecule has 0 heterocycles. The summed E-state index contributed by atoms with van der Waals surface area (Å²) in [4.78, 5) is 0. The Morgan fingerprint density at radius 2 is 2.00 bits per heavy atom. The highest BCUT2D eigenvalue weighted by molar-refractivity contribution is 9.10. The summed E-state index contributed by atoms with van der Waals surface area (Å²) in [6.45, 7) is 0. The summed E-state index contributed by atoms with van der Waals surface area (Å²) in [6, 6.07) is 5.25. The number of benzene rings is 1. The summed E-state index contributed by atoms with van der Waals surface area (Å²) >= 11 is 9.75. The van der Waals surface area contributed by atoms with E-state index in [1.54, 1.807) is 6.07 Å². The van der Waals surface area contributed by atoms with Crippen LogP contribution in [0.25, 0.3) is 0 Å². The van der Waals surface area contributed by atoms with E-state index in [1.165, 1.54) is 25.3 Å². The standard InChI is InChI=1S/C14H17BrClF/c15-14-11(6-4-8-13(14)17)9-10-5-2-1-3-7-12(10)16/h4,6,8,10,12H,1-3,5,7,9H2. The minimum absolute atomic E-state index is 0.178. The molecule has 0 N–H and O–H groups in total. The van der Waals surface area contributed by atoms with E-state index in [9.17, 15) is 4.39 Å². The molecule has 0 bridgehead atoms. The average Bonchev–Trinajstić information content (AvgIpc) is 2.51. The Morgan fingerprint density at radius 1 is 1.24 bits per heavy atom. The lowest BCUT2D eigenvalue weighted by atomic mass is 9.92. The van der Waals surface area contributed by atoms with Crippen LogP contribution >= 0.6 is 27.5 Å². The molecule has 0 saturated heterocycles. The second-order valence-electron chi connectivity index (χ2n) is 4.83. The molecule has 17 heavy (non-hydrogen) atoms. The Kier molecular flexibility index (Phi) is 4.87. The fourth-order valence-electron chi connectivity index (χ4n) is 2.56. The number of halogens is 3. The lowest BCUT2D eigenvalue weighted by Crippen LogP contribution is -2.16. The number of hydrogen-bond donors (Lipinski definition) is 0. The van der Waals surface area contributed by atoms with Gasteiger partial charge in [-0.25, -0.2) is 4.39 Å². The fraction of sp³-hybridized carbons (Fsp3) is 0.571. The molecule has 2 unspecified atom stereocenters. The molecule has 0 radical (unpaired) electrons. The van der Waals surface area contributed by atoms with Crippen molar-refractivity contribution in [2.75, 3.05) is 0 Å². The smallest absolute Gasteiger partial charge is 0.137 e. The van der Waals surface area contributed by atoms with Crippen LogP contribution in [-0.4, -0.2) is 5.38 Å². The van der Waals surface area contributed by atoms with Gasteiger partial charge in [-0.05, 0) is 52.7 Å². The Labute approximate surface area is 116 Å². The van der Waals surface area contributed by atoms with Gasteiger partial charge in [-0.2, -0.15) is 0 Å². The lowest BCUT2D eigenvalue weighted by molar-refractivity contribution is 0.463. The molecule has 0 spiro atoms. The summed E-state index contributed by atoms with van der Waals surface area (Å²) < 4.78 is 14.0. The Hall–Kier alpha value is -0.0800. The van der Waals surface area contributed by atoms with E-state index in [2.05, 4.69) is 15.9 Å². The fourth-order valence-corrected chi connectivity index (χ4v) is 3.35. The van der Waals surface area contributed by atoms with Gasteiger partial charge in [0, 0.05) is 5.38 Å². The van der Waals surface area contributed by atoms with Crippen molar-refractivity contribution in [1.82, 2.24) is 0 Å². The lowest BCUT2D eigenvalue weighted by Gasteiger charge is -2.20. The van der Waals surface area contributed by atoms with Crippen LogP contribution in [0.15, 0.2) is 22.7 Å². The number of rotatable bonds is 2. The van der Waals surface area contributed by atoms with Gasteiger partial charge in [-0.1, -0.05) is 31.4 Å². The zero-order chi connectivity index (χ0) is 12.3. The highest BCUT2D eigenvalue weighted by Gasteiger charge is 2.23. The SMILES string of the molecule is Fc1cccc(CC2CCCCCC2Cl)c1Br. The van der Waals surface area contributed by atoms with Gasteiger partial charge in [0.05, 0.1) is 4.47 Å². The second-order valence-corrected chi connectivity index (χ2v) is 6.18. The molecule has 0 aliphatic heterocycles. The molecule has 94 valence electrons. The van der Waals surface area contributed by atoms with Gasteiger partial charge in [-0.3, -0.25) is 0 Å². The predicted molar refractivity (Wildman–Crippen MR) is 74.0 cm³/mol. The van der Waals surface area contributed by atoms with E-state index in [4.69, 9.17) is 11.6 Å². The van der Waals surface area contributed by atoms with Crippen molar-refractivity contribution in [2.24, 2.45) is 5.92 Å². The molecule has 3 heteroatoms. The highest BCUT2D eigenvalue weighted by Crippen LogP contribution is 2.32. The van der Waals surface area contributed by atoms with Crippen molar-refractivity contribution < 1.29 is 4.39 Å². The van der Waals surface area contributed by atoms with Crippen LogP contribution in [0.2, 0.25) is 0 Å². The van der Waals surface area contributed by atoms with Gasteiger partial charge in [-0.15, -0.1) is 11.6 Å².